The van der Waals surface area contributed by atoms with Crippen LogP contribution >= 0.6 is 0 Å². The van der Waals surface area contributed by atoms with E-state index in [-0.39, 0.29) is 41.4 Å². The minimum Gasteiger partial charge on any atom is -0.399 e. The molecular weight excluding hydrogens is 283 g/mol. The van der Waals surface area contributed by atoms with E-state index in [4.69, 9.17) is 10.5 Å². The Bertz CT molecular complexity index is 608. The SMILES string of the molecule is Cc1cc(N)cc(S(=O)(=O)N2C[C@@H](C)O[C@@H](C)C2)c1F. The van der Waals surface area contributed by atoms with Crippen LogP contribution in [0, 0.1) is 12.7 Å². The molecule has 1 heterocycles. The predicted molar refractivity (Wildman–Crippen MR) is 74.3 cm³/mol. The normalized spacial score (nSPS) is 24.8. The molecular formula is C13H19FN2O3S. The van der Waals surface area contributed by atoms with Gasteiger partial charge in [0.15, 0.2) is 0 Å². The van der Waals surface area contributed by atoms with Crippen LogP contribution in [-0.4, -0.2) is 38.0 Å². The lowest BCUT2D eigenvalue weighted by molar-refractivity contribution is -0.0441. The van der Waals surface area contributed by atoms with Crippen LogP contribution < -0.4 is 5.73 Å². The van der Waals surface area contributed by atoms with Gasteiger partial charge in [-0.25, -0.2) is 12.8 Å². The largest absolute Gasteiger partial charge is 0.399 e. The van der Waals surface area contributed by atoms with E-state index in [0.717, 1.165) is 0 Å². The van der Waals surface area contributed by atoms with Crippen molar-refractivity contribution in [3.05, 3.63) is 23.5 Å². The van der Waals surface area contributed by atoms with Crippen molar-refractivity contribution < 1.29 is 17.5 Å². The van der Waals surface area contributed by atoms with E-state index < -0.39 is 15.8 Å². The molecule has 0 unspecified atom stereocenters. The van der Waals surface area contributed by atoms with E-state index in [9.17, 15) is 12.8 Å². The number of sulfonamides is 1. The summed E-state index contributed by atoms with van der Waals surface area (Å²) in [4.78, 5) is -0.365. The van der Waals surface area contributed by atoms with E-state index in [1.807, 2.05) is 0 Å². The molecule has 5 nitrogen and oxygen atoms in total. The Labute approximate surface area is 118 Å². The van der Waals surface area contributed by atoms with E-state index in [1.54, 1.807) is 13.8 Å². The molecule has 2 atom stereocenters. The number of morpholine rings is 1. The van der Waals surface area contributed by atoms with Gasteiger partial charge in [-0.1, -0.05) is 0 Å². The van der Waals surface area contributed by atoms with E-state index in [2.05, 4.69) is 0 Å². The summed E-state index contributed by atoms with van der Waals surface area (Å²) in [6.07, 6.45) is -0.447. The third-order valence-electron chi connectivity index (χ3n) is 3.25. The molecule has 0 saturated carbocycles. The van der Waals surface area contributed by atoms with Crippen molar-refractivity contribution in [1.82, 2.24) is 4.31 Å². The molecule has 2 N–H and O–H groups in total. The van der Waals surface area contributed by atoms with Crippen LogP contribution in [0.5, 0.6) is 0 Å². The Hall–Kier alpha value is -1.18. The topological polar surface area (TPSA) is 72.6 Å². The predicted octanol–water partition coefficient (Wildman–Crippen LogP) is 1.51. The standard InChI is InChI=1S/C13H19FN2O3S/c1-8-4-11(15)5-12(13(8)14)20(17,18)16-6-9(2)19-10(3)7-16/h4-5,9-10H,6-7,15H2,1-3H3/t9-,10+. The smallest absolute Gasteiger partial charge is 0.246 e. The first kappa shape index (κ1) is 15.2. The summed E-state index contributed by atoms with van der Waals surface area (Å²) < 4.78 is 46.0. The summed E-state index contributed by atoms with van der Waals surface area (Å²) in [5, 5.41) is 0. The average Bonchev–Trinajstić information content (AvgIpc) is 2.32. The second-order valence-electron chi connectivity index (χ2n) is 5.23. The maximum atomic E-state index is 14.1. The number of nitrogens with zero attached hydrogens (tertiary/aromatic N) is 1. The Kier molecular flexibility index (Phi) is 4.04. The van der Waals surface area contributed by atoms with Crippen molar-refractivity contribution in [2.45, 2.75) is 37.9 Å². The Morgan fingerprint density at radius 3 is 2.40 bits per heavy atom. The number of nitrogens with two attached hydrogens (primary N) is 1. The fourth-order valence-corrected chi connectivity index (χ4v) is 4.18. The van der Waals surface area contributed by atoms with E-state index in [1.165, 1.54) is 23.4 Å². The number of halogens is 1. The minimum atomic E-state index is -3.91. The van der Waals surface area contributed by atoms with Gasteiger partial charge in [0.25, 0.3) is 0 Å². The molecule has 1 aliphatic heterocycles. The van der Waals surface area contributed by atoms with Gasteiger partial charge in [-0.2, -0.15) is 4.31 Å². The van der Waals surface area contributed by atoms with Crippen molar-refractivity contribution >= 4 is 15.7 Å². The molecule has 112 valence electrons. The molecule has 0 radical (unpaired) electrons. The van der Waals surface area contributed by atoms with E-state index >= 15 is 0 Å². The van der Waals surface area contributed by atoms with Gasteiger partial charge in [0.1, 0.15) is 10.7 Å². The summed E-state index contributed by atoms with van der Waals surface area (Å²) in [7, 11) is -3.91. The molecule has 0 amide bonds. The Morgan fingerprint density at radius 1 is 1.30 bits per heavy atom. The number of ether oxygens (including phenoxy) is 1. The lowest BCUT2D eigenvalue weighted by Crippen LogP contribution is -2.48. The highest BCUT2D eigenvalue weighted by atomic mass is 32.2. The van der Waals surface area contributed by atoms with Gasteiger partial charge in [0.05, 0.1) is 12.2 Å². The molecule has 1 fully saturated rings. The lowest BCUT2D eigenvalue weighted by atomic mass is 10.2. The zero-order valence-electron chi connectivity index (χ0n) is 11.8. The number of rotatable bonds is 2. The molecule has 1 aromatic carbocycles. The van der Waals surface area contributed by atoms with Crippen molar-refractivity contribution in [3.63, 3.8) is 0 Å². The van der Waals surface area contributed by atoms with Gasteiger partial charge in [0.2, 0.25) is 10.0 Å². The summed E-state index contributed by atoms with van der Waals surface area (Å²) in [5.41, 5.74) is 6.09. The lowest BCUT2D eigenvalue weighted by Gasteiger charge is -2.34. The van der Waals surface area contributed by atoms with Crippen LogP contribution in [0.4, 0.5) is 10.1 Å². The van der Waals surface area contributed by atoms with Crippen LogP contribution in [0.25, 0.3) is 0 Å². The first-order valence-corrected chi connectivity index (χ1v) is 7.87. The van der Waals surface area contributed by atoms with E-state index in [0.29, 0.717) is 0 Å². The molecule has 1 saturated heterocycles. The van der Waals surface area contributed by atoms with Crippen LogP contribution in [0.3, 0.4) is 0 Å². The second kappa shape index (κ2) is 5.31. The van der Waals surface area contributed by atoms with Gasteiger partial charge in [0, 0.05) is 18.8 Å². The van der Waals surface area contributed by atoms with Crippen LogP contribution in [-0.2, 0) is 14.8 Å². The Morgan fingerprint density at radius 2 is 1.85 bits per heavy atom. The van der Waals surface area contributed by atoms with Gasteiger partial charge in [-0.15, -0.1) is 0 Å². The summed E-state index contributed by atoms with van der Waals surface area (Å²) >= 11 is 0. The van der Waals surface area contributed by atoms with Crippen LogP contribution in [0.2, 0.25) is 0 Å². The summed E-state index contributed by atoms with van der Waals surface area (Å²) in [6, 6.07) is 2.58. The van der Waals surface area contributed by atoms with Crippen LogP contribution in [0.1, 0.15) is 19.4 Å². The molecule has 1 aliphatic rings. The van der Waals surface area contributed by atoms with Crippen molar-refractivity contribution in [2.24, 2.45) is 0 Å². The number of aryl methyl sites for hydroxylation is 1. The maximum Gasteiger partial charge on any atom is 0.246 e. The molecule has 2 rings (SSSR count). The van der Waals surface area contributed by atoms with Crippen molar-refractivity contribution in [2.75, 3.05) is 18.8 Å². The maximum absolute atomic E-state index is 14.1. The zero-order valence-corrected chi connectivity index (χ0v) is 12.6. The molecule has 1 aromatic rings. The number of nitrogen functional groups attached to an aromatic ring is 1. The molecule has 0 aromatic heterocycles. The first-order chi connectivity index (χ1) is 9.21. The third kappa shape index (κ3) is 2.79. The zero-order chi connectivity index (χ0) is 15.1. The van der Waals surface area contributed by atoms with Gasteiger partial charge in [-0.3, -0.25) is 0 Å². The molecule has 0 aliphatic carbocycles. The average molecular weight is 302 g/mol. The molecule has 20 heavy (non-hydrogen) atoms. The Balaban J connectivity index is 2.45. The second-order valence-corrected chi connectivity index (χ2v) is 7.14. The minimum absolute atomic E-state index is 0.208. The third-order valence-corrected chi connectivity index (χ3v) is 5.08. The fraction of sp³-hybridized carbons (Fsp3) is 0.538. The summed E-state index contributed by atoms with van der Waals surface area (Å²) in [5.74, 6) is -0.744. The van der Waals surface area contributed by atoms with Gasteiger partial charge >= 0.3 is 0 Å². The quantitative estimate of drug-likeness (QED) is 0.841. The molecule has 7 heteroatoms. The molecule has 0 bridgehead atoms. The highest BCUT2D eigenvalue weighted by molar-refractivity contribution is 7.89. The van der Waals surface area contributed by atoms with Gasteiger partial charge in [-0.05, 0) is 38.5 Å². The first-order valence-electron chi connectivity index (χ1n) is 6.43. The highest BCUT2D eigenvalue weighted by Crippen LogP contribution is 2.26. The molecule has 0 spiro atoms. The highest BCUT2D eigenvalue weighted by Gasteiger charge is 2.34. The van der Waals surface area contributed by atoms with Gasteiger partial charge < -0.3 is 10.5 Å². The fourth-order valence-electron chi connectivity index (χ4n) is 2.42. The summed E-state index contributed by atoms with van der Waals surface area (Å²) in [6.45, 7) is 5.49. The monoisotopic (exact) mass is 302 g/mol. The number of hydrogen-bond acceptors (Lipinski definition) is 4. The van der Waals surface area contributed by atoms with Crippen molar-refractivity contribution in [3.8, 4) is 0 Å². The number of hydrogen-bond donors (Lipinski definition) is 1. The number of benzene rings is 1. The van der Waals surface area contributed by atoms with Crippen molar-refractivity contribution in [1.29, 1.82) is 0 Å². The number of anilines is 1. The van der Waals surface area contributed by atoms with Crippen LogP contribution in [0.15, 0.2) is 17.0 Å².